The van der Waals surface area contributed by atoms with Crippen molar-refractivity contribution in [2.75, 3.05) is 11.9 Å². The molecule has 1 atom stereocenters. The summed E-state index contributed by atoms with van der Waals surface area (Å²) in [5.74, 6) is 0.255. The molecule has 1 aliphatic heterocycles. The third-order valence-corrected chi connectivity index (χ3v) is 3.46. The van der Waals surface area contributed by atoms with Crippen LogP contribution in [0.25, 0.3) is 0 Å². The molecule has 0 saturated carbocycles. The molecule has 1 unspecified atom stereocenters. The minimum Gasteiger partial charge on any atom is -0.330 e. The minimum atomic E-state index is 0.0955. The molecule has 1 heterocycles. The molecule has 0 spiro atoms. The van der Waals surface area contributed by atoms with Gasteiger partial charge in [0, 0.05) is 11.6 Å². The van der Waals surface area contributed by atoms with Crippen LogP contribution in [0.3, 0.4) is 0 Å². The van der Waals surface area contributed by atoms with Crippen LogP contribution in [0.15, 0.2) is 18.2 Å². The molecule has 0 fully saturated rings. The first-order chi connectivity index (χ1) is 8.26. The van der Waals surface area contributed by atoms with E-state index in [0.717, 1.165) is 31.4 Å². The molecule has 1 aromatic rings. The summed E-state index contributed by atoms with van der Waals surface area (Å²) in [6.45, 7) is 2.77. The number of hydrogen-bond donors (Lipinski definition) is 2. The van der Waals surface area contributed by atoms with E-state index >= 15 is 0 Å². The van der Waals surface area contributed by atoms with E-state index in [1.165, 1.54) is 11.1 Å². The van der Waals surface area contributed by atoms with Crippen LogP contribution in [-0.4, -0.2) is 12.5 Å². The number of carbonyl (C=O) groups excluding carboxylic acids is 1. The van der Waals surface area contributed by atoms with Crippen molar-refractivity contribution in [1.82, 2.24) is 0 Å². The van der Waals surface area contributed by atoms with E-state index in [1.54, 1.807) is 0 Å². The Bertz CT molecular complexity index is 415. The molecule has 0 saturated heterocycles. The number of aryl methyl sites for hydroxylation is 1. The summed E-state index contributed by atoms with van der Waals surface area (Å²) in [5.41, 5.74) is 9.04. The number of nitrogens with one attached hydrogen (secondary N) is 1. The van der Waals surface area contributed by atoms with Gasteiger partial charge in [-0.1, -0.05) is 25.1 Å². The van der Waals surface area contributed by atoms with Gasteiger partial charge in [0.2, 0.25) is 5.91 Å². The van der Waals surface area contributed by atoms with Crippen molar-refractivity contribution in [3.05, 3.63) is 29.3 Å². The summed E-state index contributed by atoms with van der Waals surface area (Å²) in [5, 5.41) is 3.06. The van der Waals surface area contributed by atoms with Gasteiger partial charge in [-0.3, -0.25) is 4.79 Å². The van der Waals surface area contributed by atoms with Crippen LogP contribution in [0.1, 0.15) is 30.9 Å². The minimum absolute atomic E-state index is 0.0955. The number of amides is 1. The van der Waals surface area contributed by atoms with Crippen LogP contribution >= 0.6 is 0 Å². The molecule has 3 N–H and O–H groups in total. The maximum Gasteiger partial charge on any atom is 0.227 e. The zero-order valence-electron chi connectivity index (χ0n) is 10.3. The second-order valence-electron chi connectivity index (χ2n) is 4.63. The first kappa shape index (κ1) is 12.1. The van der Waals surface area contributed by atoms with Gasteiger partial charge in [-0.2, -0.15) is 0 Å². The van der Waals surface area contributed by atoms with Crippen LogP contribution in [0.4, 0.5) is 5.69 Å². The molecule has 3 nitrogen and oxygen atoms in total. The Morgan fingerprint density at radius 2 is 2.29 bits per heavy atom. The fourth-order valence-electron chi connectivity index (χ4n) is 2.46. The topological polar surface area (TPSA) is 55.1 Å². The highest BCUT2D eigenvalue weighted by Crippen LogP contribution is 2.30. The quantitative estimate of drug-likeness (QED) is 0.835. The van der Waals surface area contributed by atoms with Crippen LogP contribution in [0.2, 0.25) is 0 Å². The first-order valence-electron chi connectivity index (χ1n) is 6.38. The van der Waals surface area contributed by atoms with Gasteiger partial charge in [0.1, 0.15) is 0 Å². The van der Waals surface area contributed by atoms with Gasteiger partial charge in [0.25, 0.3) is 0 Å². The second-order valence-corrected chi connectivity index (χ2v) is 4.63. The summed E-state index contributed by atoms with van der Waals surface area (Å²) < 4.78 is 0. The standard InChI is InChI=1S/C14H20N2O/c1-2-10-5-3-6-11-9-12(7-4-8-15)14(17)16-13(10)11/h3,5-6,12H,2,4,7-9,15H2,1H3,(H,16,17). The number of carbonyl (C=O) groups is 1. The van der Waals surface area contributed by atoms with E-state index in [4.69, 9.17) is 5.73 Å². The van der Waals surface area contributed by atoms with E-state index in [2.05, 4.69) is 30.4 Å². The Balaban J connectivity index is 2.21. The predicted octanol–water partition coefficient (Wildman–Crippen LogP) is 2.10. The lowest BCUT2D eigenvalue weighted by atomic mass is 9.88. The van der Waals surface area contributed by atoms with Crippen LogP contribution in [0.5, 0.6) is 0 Å². The summed E-state index contributed by atoms with van der Waals surface area (Å²) in [4.78, 5) is 12.0. The molecule has 3 heteroatoms. The third-order valence-electron chi connectivity index (χ3n) is 3.46. The van der Waals surface area contributed by atoms with Gasteiger partial charge in [-0.25, -0.2) is 0 Å². The summed E-state index contributed by atoms with van der Waals surface area (Å²) in [6.07, 6.45) is 3.62. The van der Waals surface area contributed by atoms with Crippen molar-refractivity contribution < 1.29 is 4.79 Å². The van der Waals surface area contributed by atoms with Crippen LogP contribution < -0.4 is 11.1 Å². The highest BCUT2D eigenvalue weighted by molar-refractivity contribution is 5.96. The van der Waals surface area contributed by atoms with Gasteiger partial charge in [0.05, 0.1) is 0 Å². The number of rotatable bonds is 4. The molecule has 0 aliphatic carbocycles. The highest BCUT2D eigenvalue weighted by atomic mass is 16.1. The Morgan fingerprint density at radius 1 is 1.47 bits per heavy atom. The lowest BCUT2D eigenvalue weighted by Crippen LogP contribution is -2.31. The predicted molar refractivity (Wildman–Crippen MR) is 69.9 cm³/mol. The van der Waals surface area contributed by atoms with E-state index in [-0.39, 0.29) is 11.8 Å². The summed E-state index contributed by atoms with van der Waals surface area (Å²) >= 11 is 0. The molecule has 2 rings (SSSR count). The van der Waals surface area contributed by atoms with Crippen molar-refractivity contribution >= 4 is 11.6 Å². The van der Waals surface area contributed by atoms with Crippen LogP contribution in [-0.2, 0) is 17.6 Å². The third kappa shape index (κ3) is 2.50. The van der Waals surface area contributed by atoms with Crippen LogP contribution in [0, 0.1) is 5.92 Å². The first-order valence-corrected chi connectivity index (χ1v) is 6.38. The molecule has 17 heavy (non-hydrogen) atoms. The lowest BCUT2D eigenvalue weighted by Gasteiger charge is -2.26. The molecular formula is C14H20N2O. The normalized spacial score (nSPS) is 18.7. The van der Waals surface area contributed by atoms with Gasteiger partial charge in [-0.05, 0) is 43.4 Å². The maximum atomic E-state index is 12.0. The van der Waals surface area contributed by atoms with E-state index < -0.39 is 0 Å². The van der Waals surface area contributed by atoms with Crippen molar-refractivity contribution in [3.8, 4) is 0 Å². The van der Waals surface area contributed by atoms with Crippen molar-refractivity contribution in [2.24, 2.45) is 11.7 Å². The zero-order valence-corrected chi connectivity index (χ0v) is 10.3. The number of nitrogens with two attached hydrogens (primary N) is 1. The monoisotopic (exact) mass is 232 g/mol. The summed E-state index contributed by atoms with van der Waals surface area (Å²) in [6, 6.07) is 6.28. The molecule has 0 aromatic heterocycles. The average Bonchev–Trinajstić information content (AvgIpc) is 2.35. The molecule has 1 aliphatic rings. The Hall–Kier alpha value is -1.35. The number of benzene rings is 1. The molecule has 0 bridgehead atoms. The van der Waals surface area contributed by atoms with E-state index in [9.17, 15) is 4.79 Å². The number of fused-ring (bicyclic) bond motifs is 1. The Labute approximate surface area is 102 Å². The number of para-hydroxylation sites is 1. The number of anilines is 1. The van der Waals surface area contributed by atoms with Crippen molar-refractivity contribution in [2.45, 2.75) is 32.6 Å². The second kappa shape index (κ2) is 5.32. The lowest BCUT2D eigenvalue weighted by molar-refractivity contribution is -0.120. The Morgan fingerprint density at radius 3 is 3.00 bits per heavy atom. The number of hydrogen-bond acceptors (Lipinski definition) is 2. The van der Waals surface area contributed by atoms with Crippen molar-refractivity contribution in [3.63, 3.8) is 0 Å². The van der Waals surface area contributed by atoms with Crippen molar-refractivity contribution in [1.29, 1.82) is 0 Å². The molecule has 1 aromatic carbocycles. The van der Waals surface area contributed by atoms with E-state index in [0.29, 0.717) is 6.54 Å². The average molecular weight is 232 g/mol. The summed E-state index contributed by atoms with van der Waals surface area (Å²) in [7, 11) is 0. The largest absolute Gasteiger partial charge is 0.330 e. The highest BCUT2D eigenvalue weighted by Gasteiger charge is 2.26. The molecule has 0 radical (unpaired) electrons. The maximum absolute atomic E-state index is 12.0. The van der Waals surface area contributed by atoms with E-state index in [1.807, 2.05) is 0 Å². The fraction of sp³-hybridized carbons (Fsp3) is 0.500. The Kier molecular flexibility index (Phi) is 3.79. The molecular weight excluding hydrogens is 212 g/mol. The fourth-order valence-corrected chi connectivity index (χ4v) is 2.46. The smallest absolute Gasteiger partial charge is 0.227 e. The van der Waals surface area contributed by atoms with Gasteiger partial charge in [0.15, 0.2) is 0 Å². The SMILES string of the molecule is CCc1cccc2c1NC(=O)C(CCCN)C2. The van der Waals surface area contributed by atoms with Gasteiger partial charge in [-0.15, -0.1) is 0 Å². The van der Waals surface area contributed by atoms with Gasteiger partial charge >= 0.3 is 0 Å². The zero-order chi connectivity index (χ0) is 12.3. The molecule has 92 valence electrons. The van der Waals surface area contributed by atoms with Gasteiger partial charge < -0.3 is 11.1 Å². The molecule has 1 amide bonds.